The molecule has 6 heteroatoms. The van der Waals surface area contributed by atoms with Gasteiger partial charge in [0.25, 0.3) is 0 Å². The molecule has 2 atom stereocenters. The number of aliphatic hydroxyl groups is 3. The molecule has 0 spiro atoms. The van der Waals surface area contributed by atoms with Gasteiger partial charge in [-0.05, 0) is 6.92 Å². The predicted molar refractivity (Wildman–Crippen MR) is 45.8 cm³/mol. The Morgan fingerprint density at radius 3 is 2.54 bits per heavy atom. The summed E-state index contributed by atoms with van der Waals surface area (Å²) in [7, 11) is 0. The van der Waals surface area contributed by atoms with Crippen LogP contribution in [0, 0.1) is 6.92 Å². The molecule has 1 aromatic heterocycles. The first kappa shape index (κ1) is 9.97. The van der Waals surface area contributed by atoms with Crippen LogP contribution < -0.4 is 5.73 Å². The van der Waals surface area contributed by atoms with Crippen LogP contribution in [0.15, 0.2) is 0 Å². The number of anilines is 1. The van der Waals surface area contributed by atoms with E-state index in [9.17, 15) is 5.11 Å². The number of aliphatic hydroxyl groups excluding tert-OH is 3. The number of nitrogen functional groups attached to an aromatic ring is 1. The van der Waals surface area contributed by atoms with Crippen LogP contribution in [0.4, 0.5) is 5.82 Å². The summed E-state index contributed by atoms with van der Waals surface area (Å²) in [6.07, 6.45) is -2.44. The van der Waals surface area contributed by atoms with E-state index < -0.39 is 18.8 Å². The summed E-state index contributed by atoms with van der Waals surface area (Å²) in [4.78, 5) is 0. The highest BCUT2D eigenvalue weighted by atomic mass is 16.4. The van der Waals surface area contributed by atoms with Gasteiger partial charge < -0.3 is 21.1 Å². The van der Waals surface area contributed by atoms with Crippen molar-refractivity contribution in [2.75, 3.05) is 12.3 Å². The molecule has 0 aliphatic heterocycles. The number of hydrogen-bond acceptors (Lipinski definition) is 5. The summed E-state index contributed by atoms with van der Waals surface area (Å²) in [5.74, 6) is 0.137. The van der Waals surface area contributed by atoms with Crippen LogP contribution in [0.2, 0.25) is 0 Å². The lowest BCUT2D eigenvalue weighted by atomic mass is 10.1. The van der Waals surface area contributed by atoms with Crippen molar-refractivity contribution in [3.05, 3.63) is 11.3 Å². The maximum atomic E-state index is 9.49. The standard InChI is InChI=1S/C7H13N3O3/c1-3-5(7(8)10-9-3)6(13)4(12)2-11/h4,6,11-13H,2H2,1H3,(H3,8,9,10). The summed E-state index contributed by atoms with van der Waals surface area (Å²) in [5, 5.41) is 33.5. The Kier molecular flexibility index (Phi) is 2.86. The highest BCUT2D eigenvalue weighted by Crippen LogP contribution is 2.24. The fourth-order valence-corrected chi connectivity index (χ4v) is 1.12. The zero-order valence-corrected chi connectivity index (χ0v) is 7.23. The lowest BCUT2D eigenvalue weighted by molar-refractivity contribution is -0.0151. The second-order valence-electron chi connectivity index (χ2n) is 2.84. The van der Waals surface area contributed by atoms with Gasteiger partial charge in [-0.15, -0.1) is 0 Å². The van der Waals surface area contributed by atoms with E-state index >= 15 is 0 Å². The highest BCUT2D eigenvalue weighted by Gasteiger charge is 2.23. The first-order chi connectivity index (χ1) is 6.07. The molecule has 0 fully saturated rings. The minimum Gasteiger partial charge on any atom is -0.394 e. The number of nitrogens with two attached hydrogens (primary N) is 1. The molecule has 13 heavy (non-hydrogen) atoms. The van der Waals surface area contributed by atoms with Gasteiger partial charge in [-0.2, -0.15) is 5.10 Å². The van der Waals surface area contributed by atoms with Crippen molar-refractivity contribution in [3.63, 3.8) is 0 Å². The van der Waals surface area contributed by atoms with E-state index in [0.29, 0.717) is 11.3 Å². The lowest BCUT2D eigenvalue weighted by Crippen LogP contribution is -2.23. The van der Waals surface area contributed by atoms with Gasteiger partial charge in [0.05, 0.1) is 6.61 Å². The van der Waals surface area contributed by atoms with Crippen LogP contribution in [0.1, 0.15) is 17.4 Å². The first-order valence-electron chi connectivity index (χ1n) is 3.85. The fourth-order valence-electron chi connectivity index (χ4n) is 1.12. The molecule has 2 unspecified atom stereocenters. The average Bonchev–Trinajstić information content (AvgIpc) is 2.44. The van der Waals surface area contributed by atoms with Crippen LogP contribution in [0.25, 0.3) is 0 Å². The molecule has 6 nitrogen and oxygen atoms in total. The molecule has 0 saturated carbocycles. The Bertz CT molecular complexity index is 267. The summed E-state index contributed by atoms with van der Waals surface area (Å²) in [6, 6.07) is 0. The van der Waals surface area contributed by atoms with E-state index in [4.69, 9.17) is 15.9 Å². The minimum absolute atomic E-state index is 0.137. The third-order valence-corrected chi connectivity index (χ3v) is 1.87. The number of aromatic amines is 1. The minimum atomic E-state index is -1.24. The molecule has 0 aliphatic rings. The number of nitrogens with one attached hydrogen (secondary N) is 1. The second kappa shape index (κ2) is 3.73. The van der Waals surface area contributed by atoms with Gasteiger partial charge in [0, 0.05) is 11.3 Å². The Hall–Kier alpha value is -1.11. The predicted octanol–water partition coefficient (Wildman–Crippen LogP) is -1.31. The van der Waals surface area contributed by atoms with E-state index in [1.807, 2.05) is 0 Å². The Labute approximate surface area is 75.0 Å². The maximum absolute atomic E-state index is 9.49. The molecular formula is C7H13N3O3. The second-order valence-corrected chi connectivity index (χ2v) is 2.84. The summed E-state index contributed by atoms with van der Waals surface area (Å²) >= 11 is 0. The third-order valence-electron chi connectivity index (χ3n) is 1.87. The molecule has 0 radical (unpaired) electrons. The molecule has 1 aromatic rings. The Morgan fingerprint density at radius 1 is 1.54 bits per heavy atom. The molecule has 0 aliphatic carbocycles. The molecule has 6 N–H and O–H groups in total. The molecule has 1 rings (SSSR count). The number of hydrogen-bond donors (Lipinski definition) is 5. The SMILES string of the molecule is Cc1[nH]nc(N)c1C(O)C(O)CO. The van der Waals surface area contributed by atoms with Crippen LogP contribution in [0.5, 0.6) is 0 Å². The van der Waals surface area contributed by atoms with E-state index in [1.54, 1.807) is 6.92 Å². The molecule has 0 aromatic carbocycles. The van der Waals surface area contributed by atoms with E-state index in [0.717, 1.165) is 0 Å². The quantitative estimate of drug-likeness (QED) is 0.403. The Morgan fingerprint density at radius 2 is 2.15 bits per heavy atom. The van der Waals surface area contributed by atoms with Crippen molar-refractivity contribution in [1.82, 2.24) is 10.2 Å². The van der Waals surface area contributed by atoms with Crippen LogP contribution >= 0.6 is 0 Å². The van der Waals surface area contributed by atoms with Crippen molar-refractivity contribution >= 4 is 5.82 Å². The van der Waals surface area contributed by atoms with Crippen molar-refractivity contribution in [3.8, 4) is 0 Å². The highest BCUT2D eigenvalue weighted by molar-refractivity contribution is 5.43. The zero-order valence-electron chi connectivity index (χ0n) is 7.23. The average molecular weight is 187 g/mol. The number of aromatic nitrogens is 2. The molecule has 0 amide bonds. The smallest absolute Gasteiger partial charge is 0.151 e. The topological polar surface area (TPSA) is 115 Å². The van der Waals surface area contributed by atoms with Gasteiger partial charge in [0.15, 0.2) is 5.82 Å². The van der Waals surface area contributed by atoms with Gasteiger partial charge in [0.1, 0.15) is 12.2 Å². The zero-order chi connectivity index (χ0) is 10.0. The molecule has 0 saturated heterocycles. The molecular weight excluding hydrogens is 174 g/mol. The van der Waals surface area contributed by atoms with Gasteiger partial charge >= 0.3 is 0 Å². The fraction of sp³-hybridized carbons (Fsp3) is 0.571. The lowest BCUT2D eigenvalue weighted by Gasteiger charge is -2.15. The monoisotopic (exact) mass is 187 g/mol. The third kappa shape index (κ3) is 1.80. The summed E-state index contributed by atoms with van der Waals surface area (Å²) in [6.45, 7) is 1.15. The molecule has 1 heterocycles. The maximum Gasteiger partial charge on any atom is 0.151 e. The van der Waals surface area contributed by atoms with Gasteiger partial charge in [-0.3, -0.25) is 5.10 Å². The van der Waals surface area contributed by atoms with Crippen molar-refractivity contribution < 1.29 is 15.3 Å². The Balaban J connectivity index is 2.93. The summed E-state index contributed by atoms with van der Waals surface area (Å²) in [5.41, 5.74) is 6.36. The van der Waals surface area contributed by atoms with E-state index in [2.05, 4.69) is 10.2 Å². The van der Waals surface area contributed by atoms with Gasteiger partial charge in [-0.1, -0.05) is 0 Å². The number of H-pyrrole nitrogens is 1. The van der Waals surface area contributed by atoms with Crippen molar-refractivity contribution in [2.24, 2.45) is 0 Å². The largest absolute Gasteiger partial charge is 0.394 e. The van der Waals surface area contributed by atoms with Crippen LogP contribution in [-0.2, 0) is 0 Å². The number of nitrogens with zero attached hydrogens (tertiary/aromatic N) is 1. The number of aryl methyl sites for hydroxylation is 1. The molecule has 0 bridgehead atoms. The molecule has 74 valence electrons. The summed E-state index contributed by atoms with van der Waals surface area (Å²) < 4.78 is 0. The first-order valence-corrected chi connectivity index (χ1v) is 3.85. The van der Waals surface area contributed by atoms with E-state index in [-0.39, 0.29) is 5.82 Å². The van der Waals surface area contributed by atoms with Crippen molar-refractivity contribution in [2.45, 2.75) is 19.1 Å². The van der Waals surface area contributed by atoms with Crippen LogP contribution in [0.3, 0.4) is 0 Å². The normalized spacial score (nSPS) is 15.7. The van der Waals surface area contributed by atoms with Gasteiger partial charge in [0.2, 0.25) is 0 Å². The van der Waals surface area contributed by atoms with Gasteiger partial charge in [-0.25, -0.2) is 0 Å². The van der Waals surface area contributed by atoms with E-state index in [1.165, 1.54) is 0 Å². The number of rotatable bonds is 3. The van der Waals surface area contributed by atoms with Crippen LogP contribution in [-0.4, -0.2) is 38.2 Å². The van der Waals surface area contributed by atoms with Crippen molar-refractivity contribution in [1.29, 1.82) is 0 Å².